The third kappa shape index (κ3) is 2.67. The number of carboxylic acids is 1. The number of carboxylic acid groups (broad SMARTS) is 1. The number of aryl methyl sites for hydroxylation is 2. The van der Waals surface area contributed by atoms with E-state index in [1.54, 1.807) is 11.3 Å². The maximum atomic E-state index is 11.6. The molecule has 0 radical (unpaired) electrons. The number of anilines is 1. The maximum Gasteiger partial charge on any atom is 0.326 e. The monoisotopic (exact) mass is 319 g/mol. The summed E-state index contributed by atoms with van der Waals surface area (Å²) in [4.78, 5) is 22.7. The fourth-order valence-corrected chi connectivity index (χ4v) is 4.26. The van der Waals surface area contributed by atoms with Gasteiger partial charge in [0.05, 0.1) is 5.39 Å². The van der Waals surface area contributed by atoms with Crippen molar-refractivity contribution in [1.29, 1.82) is 0 Å². The van der Waals surface area contributed by atoms with Crippen LogP contribution in [0.4, 0.5) is 5.82 Å². The third-order valence-electron chi connectivity index (χ3n) is 4.52. The first-order valence-corrected chi connectivity index (χ1v) is 8.68. The van der Waals surface area contributed by atoms with E-state index in [1.807, 2.05) is 13.8 Å². The zero-order valence-corrected chi connectivity index (χ0v) is 13.7. The molecule has 0 saturated heterocycles. The van der Waals surface area contributed by atoms with Crippen LogP contribution in [0.1, 0.15) is 43.6 Å². The van der Waals surface area contributed by atoms with Crippen LogP contribution in [0.2, 0.25) is 0 Å². The lowest BCUT2D eigenvalue weighted by atomic mass is 9.96. The van der Waals surface area contributed by atoms with Crippen molar-refractivity contribution in [2.45, 2.75) is 52.0 Å². The van der Waals surface area contributed by atoms with Gasteiger partial charge in [-0.3, -0.25) is 0 Å². The van der Waals surface area contributed by atoms with Crippen LogP contribution in [0.25, 0.3) is 10.2 Å². The van der Waals surface area contributed by atoms with Crippen LogP contribution in [0.15, 0.2) is 6.33 Å². The SMILES string of the molecule is CC[C@@H](C)[C@H](Nc1ncnc2sc3c(c12)CCCC3)C(=O)O. The molecule has 0 amide bonds. The first-order chi connectivity index (χ1) is 10.6. The van der Waals surface area contributed by atoms with Crippen molar-refractivity contribution < 1.29 is 9.90 Å². The molecule has 3 rings (SSSR count). The summed E-state index contributed by atoms with van der Waals surface area (Å²) in [7, 11) is 0. The van der Waals surface area contributed by atoms with Gasteiger partial charge >= 0.3 is 5.97 Å². The summed E-state index contributed by atoms with van der Waals surface area (Å²) in [6.45, 7) is 3.96. The molecule has 1 aliphatic rings. The summed E-state index contributed by atoms with van der Waals surface area (Å²) in [6, 6.07) is -0.623. The molecular weight excluding hydrogens is 298 g/mol. The van der Waals surface area contributed by atoms with E-state index in [2.05, 4.69) is 15.3 Å². The molecule has 1 aliphatic carbocycles. The topological polar surface area (TPSA) is 75.1 Å². The zero-order chi connectivity index (χ0) is 15.7. The fraction of sp³-hybridized carbons (Fsp3) is 0.562. The molecule has 2 aromatic rings. The highest BCUT2D eigenvalue weighted by atomic mass is 32.1. The molecule has 0 bridgehead atoms. The Morgan fingerprint density at radius 2 is 2.18 bits per heavy atom. The summed E-state index contributed by atoms with van der Waals surface area (Å²) >= 11 is 1.72. The summed E-state index contributed by atoms with van der Waals surface area (Å²) in [6.07, 6.45) is 6.88. The van der Waals surface area contributed by atoms with Crippen LogP contribution in [0, 0.1) is 5.92 Å². The van der Waals surface area contributed by atoms with Crippen LogP contribution in [-0.4, -0.2) is 27.1 Å². The van der Waals surface area contributed by atoms with Gasteiger partial charge in [-0.15, -0.1) is 11.3 Å². The molecular formula is C16H21N3O2S. The van der Waals surface area contributed by atoms with E-state index in [1.165, 1.54) is 29.6 Å². The van der Waals surface area contributed by atoms with E-state index in [4.69, 9.17) is 0 Å². The van der Waals surface area contributed by atoms with Gasteiger partial charge in [0, 0.05) is 4.88 Å². The van der Waals surface area contributed by atoms with Gasteiger partial charge in [0.1, 0.15) is 23.0 Å². The number of rotatable bonds is 5. The average Bonchev–Trinajstić information content (AvgIpc) is 2.90. The number of hydrogen-bond donors (Lipinski definition) is 2. The molecule has 118 valence electrons. The molecule has 0 saturated carbocycles. The van der Waals surface area contributed by atoms with Gasteiger partial charge in [0.2, 0.25) is 0 Å². The van der Waals surface area contributed by atoms with Crippen LogP contribution in [0.3, 0.4) is 0 Å². The van der Waals surface area contributed by atoms with Crippen LogP contribution in [0.5, 0.6) is 0 Å². The number of nitrogens with one attached hydrogen (secondary N) is 1. The molecule has 0 spiro atoms. The first kappa shape index (κ1) is 15.2. The van der Waals surface area contributed by atoms with E-state index in [0.29, 0.717) is 5.82 Å². The lowest BCUT2D eigenvalue weighted by Crippen LogP contribution is -2.35. The Kier molecular flexibility index (Phi) is 4.29. The second-order valence-electron chi connectivity index (χ2n) is 5.96. The second kappa shape index (κ2) is 6.20. The minimum atomic E-state index is -0.829. The largest absolute Gasteiger partial charge is 0.480 e. The van der Waals surface area contributed by atoms with Crippen molar-refractivity contribution in [2.24, 2.45) is 5.92 Å². The Hall–Kier alpha value is -1.69. The molecule has 0 aliphatic heterocycles. The predicted octanol–water partition coefficient (Wildman–Crippen LogP) is 3.48. The molecule has 22 heavy (non-hydrogen) atoms. The highest BCUT2D eigenvalue weighted by molar-refractivity contribution is 7.19. The van der Waals surface area contributed by atoms with Crippen molar-refractivity contribution in [1.82, 2.24) is 9.97 Å². The van der Waals surface area contributed by atoms with E-state index in [9.17, 15) is 9.90 Å². The number of aromatic nitrogens is 2. The zero-order valence-electron chi connectivity index (χ0n) is 12.9. The lowest BCUT2D eigenvalue weighted by molar-refractivity contribution is -0.139. The summed E-state index contributed by atoms with van der Waals surface area (Å²) in [5.74, 6) is -0.112. The molecule has 5 nitrogen and oxygen atoms in total. The first-order valence-electron chi connectivity index (χ1n) is 7.86. The van der Waals surface area contributed by atoms with E-state index in [-0.39, 0.29) is 5.92 Å². The molecule has 2 aromatic heterocycles. The Morgan fingerprint density at radius 1 is 1.41 bits per heavy atom. The Balaban J connectivity index is 2.03. The highest BCUT2D eigenvalue weighted by Gasteiger charge is 2.26. The Morgan fingerprint density at radius 3 is 2.91 bits per heavy atom. The molecule has 0 aromatic carbocycles. The normalized spacial score (nSPS) is 17.0. The maximum absolute atomic E-state index is 11.6. The highest BCUT2D eigenvalue weighted by Crippen LogP contribution is 2.38. The van der Waals surface area contributed by atoms with Crippen molar-refractivity contribution in [3.8, 4) is 0 Å². The number of nitrogens with zero attached hydrogens (tertiary/aromatic N) is 2. The number of aliphatic carboxylic acids is 1. The summed E-state index contributed by atoms with van der Waals surface area (Å²) < 4.78 is 0. The van der Waals surface area contributed by atoms with E-state index in [0.717, 1.165) is 29.5 Å². The number of carbonyl (C=O) groups is 1. The Labute approximate surface area is 133 Å². The van der Waals surface area contributed by atoms with E-state index < -0.39 is 12.0 Å². The van der Waals surface area contributed by atoms with E-state index >= 15 is 0 Å². The molecule has 0 unspecified atom stereocenters. The smallest absolute Gasteiger partial charge is 0.326 e. The van der Waals surface area contributed by atoms with Crippen molar-refractivity contribution in [3.05, 3.63) is 16.8 Å². The quantitative estimate of drug-likeness (QED) is 0.882. The van der Waals surface area contributed by atoms with Crippen molar-refractivity contribution in [2.75, 3.05) is 5.32 Å². The number of thiophene rings is 1. The van der Waals surface area contributed by atoms with Crippen LogP contribution in [-0.2, 0) is 17.6 Å². The molecule has 2 heterocycles. The molecule has 2 atom stereocenters. The minimum Gasteiger partial charge on any atom is -0.480 e. The van der Waals surface area contributed by atoms with Gasteiger partial charge in [-0.05, 0) is 37.2 Å². The average molecular weight is 319 g/mol. The molecule has 2 N–H and O–H groups in total. The van der Waals surface area contributed by atoms with Gasteiger partial charge in [-0.1, -0.05) is 20.3 Å². The van der Waals surface area contributed by atoms with Gasteiger partial charge in [-0.2, -0.15) is 0 Å². The van der Waals surface area contributed by atoms with Crippen LogP contribution >= 0.6 is 11.3 Å². The van der Waals surface area contributed by atoms with Crippen LogP contribution < -0.4 is 5.32 Å². The van der Waals surface area contributed by atoms with Gasteiger partial charge in [0.25, 0.3) is 0 Å². The standard InChI is InChI=1S/C16H21N3O2S/c1-3-9(2)13(16(20)21)19-14-12-10-6-4-5-7-11(10)22-15(12)18-8-17-14/h8-9,13H,3-7H2,1-2H3,(H,20,21)(H,17,18,19)/t9-,13+/m1/s1. The Bertz CT molecular complexity index is 698. The van der Waals surface area contributed by atoms with Crippen molar-refractivity contribution >= 4 is 33.3 Å². The summed E-state index contributed by atoms with van der Waals surface area (Å²) in [5.41, 5.74) is 1.32. The third-order valence-corrected chi connectivity index (χ3v) is 5.72. The minimum absolute atomic E-state index is 0.0389. The van der Waals surface area contributed by atoms with Gasteiger partial charge in [0.15, 0.2) is 0 Å². The fourth-order valence-electron chi connectivity index (χ4n) is 3.03. The number of hydrogen-bond acceptors (Lipinski definition) is 5. The van der Waals surface area contributed by atoms with Crippen molar-refractivity contribution in [3.63, 3.8) is 0 Å². The molecule has 0 fully saturated rings. The van der Waals surface area contributed by atoms with Gasteiger partial charge in [-0.25, -0.2) is 14.8 Å². The number of fused-ring (bicyclic) bond motifs is 3. The van der Waals surface area contributed by atoms with Gasteiger partial charge < -0.3 is 10.4 Å². The summed E-state index contributed by atoms with van der Waals surface area (Å²) in [5, 5.41) is 13.7. The lowest BCUT2D eigenvalue weighted by Gasteiger charge is -2.21. The predicted molar refractivity (Wildman–Crippen MR) is 88.6 cm³/mol. The second-order valence-corrected chi connectivity index (χ2v) is 7.04. The molecule has 6 heteroatoms.